The lowest BCUT2D eigenvalue weighted by atomic mass is 10.3. The lowest BCUT2D eigenvalue weighted by Crippen LogP contribution is -2.38. The van der Waals surface area contributed by atoms with Gasteiger partial charge in [-0.3, -0.25) is 4.79 Å². The average Bonchev–Trinajstić information content (AvgIpc) is 2.39. The second-order valence-corrected chi connectivity index (χ2v) is 4.72. The topological polar surface area (TPSA) is 83.4 Å². The molecule has 1 aromatic rings. The minimum Gasteiger partial charge on any atom is -0.476 e. The van der Waals surface area contributed by atoms with E-state index >= 15 is 0 Å². The summed E-state index contributed by atoms with van der Waals surface area (Å²) in [5, 5.41) is 8.66. The van der Waals surface area contributed by atoms with E-state index in [1.165, 1.54) is 6.20 Å². The zero-order valence-corrected chi connectivity index (χ0v) is 9.81. The summed E-state index contributed by atoms with van der Waals surface area (Å²) in [6.45, 7) is 1.40. The molecular formula is C10H11N3O3S. The molecule has 1 aliphatic rings. The molecule has 2 rings (SSSR count). The quantitative estimate of drug-likeness (QED) is 0.819. The van der Waals surface area contributed by atoms with E-state index in [4.69, 9.17) is 5.11 Å². The number of carboxylic acids is 1. The van der Waals surface area contributed by atoms with Crippen LogP contribution in [0.2, 0.25) is 0 Å². The number of hydrogen-bond donors (Lipinski definition) is 1. The first-order valence-corrected chi connectivity index (χ1v) is 6.26. The molecule has 0 bridgehead atoms. The number of carbonyl (C=O) groups excluding carboxylic acids is 1. The number of amides is 1. The van der Waals surface area contributed by atoms with Crippen LogP contribution in [0.25, 0.3) is 0 Å². The van der Waals surface area contributed by atoms with Gasteiger partial charge in [0.05, 0.1) is 12.4 Å². The van der Waals surface area contributed by atoms with E-state index < -0.39 is 5.97 Å². The molecule has 6 nitrogen and oxygen atoms in total. The molecule has 1 aliphatic heterocycles. The minimum atomic E-state index is -1.15. The molecule has 0 aliphatic carbocycles. The molecule has 0 radical (unpaired) electrons. The fourth-order valence-corrected chi connectivity index (χ4v) is 2.38. The van der Waals surface area contributed by atoms with Crippen LogP contribution in [0.15, 0.2) is 12.4 Å². The maximum atomic E-state index is 11.9. The minimum absolute atomic E-state index is 0.157. The van der Waals surface area contributed by atoms with Gasteiger partial charge >= 0.3 is 5.97 Å². The lowest BCUT2D eigenvalue weighted by Gasteiger charge is -2.25. The summed E-state index contributed by atoms with van der Waals surface area (Å²) in [6, 6.07) is 0. The van der Waals surface area contributed by atoms with Crippen molar-refractivity contribution in [3.63, 3.8) is 0 Å². The molecule has 2 heterocycles. The molecule has 0 saturated carbocycles. The molecule has 0 aromatic carbocycles. The van der Waals surface area contributed by atoms with Gasteiger partial charge in [0.15, 0.2) is 5.69 Å². The van der Waals surface area contributed by atoms with Gasteiger partial charge in [0.2, 0.25) is 0 Å². The Morgan fingerprint density at radius 3 is 2.29 bits per heavy atom. The van der Waals surface area contributed by atoms with Crippen molar-refractivity contribution >= 4 is 23.6 Å². The summed E-state index contributed by atoms with van der Waals surface area (Å²) >= 11 is 1.81. The first-order valence-electron chi connectivity index (χ1n) is 5.11. The van der Waals surface area contributed by atoms with Crippen molar-refractivity contribution in [3.8, 4) is 0 Å². The third-order valence-electron chi connectivity index (χ3n) is 2.39. The lowest BCUT2D eigenvalue weighted by molar-refractivity contribution is 0.0686. The second kappa shape index (κ2) is 5.13. The van der Waals surface area contributed by atoms with Crippen molar-refractivity contribution in [3.05, 3.63) is 23.8 Å². The fraction of sp³-hybridized carbons (Fsp3) is 0.400. The van der Waals surface area contributed by atoms with Gasteiger partial charge in [-0.25, -0.2) is 14.8 Å². The Labute approximate surface area is 102 Å². The van der Waals surface area contributed by atoms with Crippen LogP contribution in [0, 0.1) is 0 Å². The highest BCUT2D eigenvalue weighted by molar-refractivity contribution is 7.99. The van der Waals surface area contributed by atoms with Crippen LogP contribution in [-0.2, 0) is 0 Å². The molecule has 1 fully saturated rings. The molecule has 0 unspecified atom stereocenters. The highest BCUT2D eigenvalue weighted by Gasteiger charge is 2.20. The van der Waals surface area contributed by atoms with Crippen molar-refractivity contribution < 1.29 is 14.7 Å². The van der Waals surface area contributed by atoms with E-state index in [0.29, 0.717) is 13.1 Å². The van der Waals surface area contributed by atoms with Gasteiger partial charge in [0.1, 0.15) is 5.69 Å². The molecule has 7 heteroatoms. The van der Waals surface area contributed by atoms with Gasteiger partial charge in [-0.2, -0.15) is 11.8 Å². The average molecular weight is 253 g/mol. The van der Waals surface area contributed by atoms with Crippen molar-refractivity contribution in [2.24, 2.45) is 0 Å². The molecule has 1 amide bonds. The monoisotopic (exact) mass is 253 g/mol. The number of hydrogen-bond acceptors (Lipinski definition) is 5. The highest BCUT2D eigenvalue weighted by Crippen LogP contribution is 2.11. The normalized spacial score (nSPS) is 15.6. The largest absolute Gasteiger partial charge is 0.476 e. The van der Waals surface area contributed by atoms with E-state index in [0.717, 1.165) is 17.7 Å². The summed E-state index contributed by atoms with van der Waals surface area (Å²) in [7, 11) is 0. The number of rotatable bonds is 2. The van der Waals surface area contributed by atoms with Crippen LogP contribution >= 0.6 is 11.8 Å². The molecule has 1 N–H and O–H groups in total. The Balaban J connectivity index is 2.10. The maximum absolute atomic E-state index is 11.9. The summed E-state index contributed by atoms with van der Waals surface area (Å²) < 4.78 is 0. The maximum Gasteiger partial charge on any atom is 0.356 e. The number of aromatic nitrogens is 2. The number of aromatic carboxylic acids is 1. The molecular weight excluding hydrogens is 242 g/mol. The van der Waals surface area contributed by atoms with Gasteiger partial charge in [-0.1, -0.05) is 0 Å². The molecule has 90 valence electrons. The van der Waals surface area contributed by atoms with Gasteiger partial charge < -0.3 is 10.0 Å². The number of thioether (sulfide) groups is 1. The van der Waals surface area contributed by atoms with Crippen molar-refractivity contribution in [1.29, 1.82) is 0 Å². The number of carboxylic acid groups (broad SMARTS) is 1. The smallest absolute Gasteiger partial charge is 0.356 e. The zero-order valence-electron chi connectivity index (χ0n) is 9.00. The molecule has 0 atom stereocenters. The Hall–Kier alpha value is -1.63. The number of nitrogens with zero attached hydrogens (tertiary/aromatic N) is 3. The van der Waals surface area contributed by atoms with Gasteiger partial charge in [0, 0.05) is 24.6 Å². The van der Waals surface area contributed by atoms with E-state index in [1.54, 1.807) is 4.90 Å². The fourth-order valence-electron chi connectivity index (χ4n) is 1.48. The van der Waals surface area contributed by atoms with Crippen LogP contribution in [0.1, 0.15) is 21.0 Å². The first kappa shape index (κ1) is 11.8. The van der Waals surface area contributed by atoms with Crippen LogP contribution in [0.4, 0.5) is 0 Å². The summed E-state index contributed by atoms with van der Waals surface area (Å²) in [4.78, 5) is 31.8. The van der Waals surface area contributed by atoms with Crippen molar-refractivity contribution in [2.75, 3.05) is 24.6 Å². The Morgan fingerprint density at radius 1 is 1.18 bits per heavy atom. The molecule has 17 heavy (non-hydrogen) atoms. The predicted octanol–water partition coefficient (Wildman–Crippen LogP) is 0.364. The van der Waals surface area contributed by atoms with E-state index in [9.17, 15) is 9.59 Å². The van der Waals surface area contributed by atoms with E-state index in [1.807, 2.05) is 11.8 Å². The molecule has 1 saturated heterocycles. The summed E-state index contributed by atoms with van der Waals surface area (Å²) in [5.74, 6) is 0.513. The third kappa shape index (κ3) is 2.73. The van der Waals surface area contributed by atoms with E-state index in [-0.39, 0.29) is 17.3 Å². The van der Waals surface area contributed by atoms with E-state index in [2.05, 4.69) is 9.97 Å². The second-order valence-electron chi connectivity index (χ2n) is 3.50. The standard InChI is InChI=1S/C10H11N3O3S/c14-9(13-1-3-17-4-2-13)7-5-12-8(6-11-7)10(15)16/h5-6H,1-4H2,(H,15,16). The van der Waals surface area contributed by atoms with Crippen molar-refractivity contribution in [2.45, 2.75) is 0 Å². The van der Waals surface area contributed by atoms with Crippen LogP contribution < -0.4 is 0 Å². The van der Waals surface area contributed by atoms with Crippen molar-refractivity contribution in [1.82, 2.24) is 14.9 Å². The van der Waals surface area contributed by atoms with Crippen LogP contribution in [-0.4, -0.2) is 56.4 Å². The Morgan fingerprint density at radius 2 is 1.76 bits per heavy atom. The van der Waals surface area contributed by atoms with Gasteiger partial charge in [-0.15, -0.1) is 0 Å². The Kier molecular flexibility index (Phi) is 3.58. The predicted molar refractivity (Wildman–Crippen MR) is 62.2 cm³/mol. The third-order valence-corrected chi connectivity index (χ3v) is 3.33. The number of carbonyl (C=O) groups is 2. The van der Waals surface area contributed by atoms with Gasteiger partial charge in [-0.05, 0) is 0 Å². The SMILES string of the molecule is O=C(O)c1cnc(C(=O)N2CCSCC2)cn1. The van der Waals surface area contributed by atoms with Crippen LogP contribution in [0.5, 0.6) is 0 Å². The van der Waals surface area contributed by atoms with Crippen LogP contribution in [0.3, 0.4) is 0 Å². The Bertz CT molecular complexity index is 429. The first-order chi connectivity index (χ1) is 8.18. The summed E-state index contributed by atoms with van der Waals surface area (Å²) in [5.41, 5.74) is 0.0395. The zero-order chi connectivity index (χ0) is 12.3. The molecule has 0 spiro atoms. The van der Waals surface area contributed by atoms with Gasteiger partial charge in [0.25, 0.3) is 5.91 Å². The highest BCUT2D eigenvalue weighted by atomic mass is 32.2. The molecule has 1 aromatic heterocycles. The summed E-state index contributed by atoms with van der Waals surface area (Å²) in [6.07, 6.45) is 2.32.